The number of imidazole rings is 1. The molecule has 0 spiro atoms. The second-order valence-electron chi connectivity index (χ2n) is 21.9. The monoisotopic (exact) mass is 1210 g/mol. The molecule has 2 aliphatic rings. The molecule has 21 heteroatoms. The summed E-state index contributed by atoms with van der Waals surface area (Å²) in [6.45, 7) is 16.1. The van der Waals surface area contributed by atoms with E-state index in [0.717, 1.165) is 38.2 Å². The number of esters is 3. The average molecular weight is 1210 g/mol. The number of rotatable bonds is 25. The summed E-state index contributed by atoms with van der Waals surface area (Å²) in [5.41, 5.74) is 2.89. The van der Waals surface area contributed by atoms with Crippen molar-refractivity contribution in [2.45, 2.75) is 122 Å². The second kappa shape index (κ2) is 27.7. The number of fused-ring (bicyclic) bond motifs is 6. The van der Waals surface area contributed by atoms with Gasteiger partial charge in [-0.1, -0.05) is 116 Å². The molecule has 6 aromatic carbocycles. The summed E-state index contributed by atoms with van der Waals surface area (Å²) in [4.78, 5) is 54.5. The number of nitriles is 1. The van der Waals surface area contributed by atoms with E-state index in [1.54, 1.807) is 31.2 Å². The zero-order valence-corrected chi connectivity index (χ0v) is 51.5. The maximum Gasteiger partial charge on any atom is 0.303 e. The average Bonchev–Trinajstić information content (AvgIpc) is 1.02. The Bertz CT molecular complexity index is 3770. The van der Waals surface area contributed by atoms with Crippen LogP contribution < -0.4 is 19.5 Å². The molecule has 8 aromatic rings. The quantitative estimate of drug-likeness (QED) is 0.0107. The lowest BCUT2D eigenvalue weighted by Crippen LogP contribution is -2.50. The number of ether oxygens (including phenoxy) is 8. The van der Waals surface area contributed by atoms with Gasteiger partial charge in [-0.25, -0.2) is 9.65 Å². The molecule has 1 aliphatic heterocycles. The summed E-state index contributed by atoms with van der Waals surface area (Å²) < 4.78 is 68.4. The van der Waals surface area contributed by atoms with Crippen LogP contribution in [0.15, 0.2) is 146 Å². The van der Waals surface area contributed by atoms with Crippen molar-refractivity contribution in [1.82, 2.24) is 24.2 Å². The maximum absolute atomic E-state index is 13.4. The number of aromatic nitrogens is 4. The summed E-state index contributed by atoms with van der Waals surface area (Å²) >= 11 is 0. The fourth-order valence-electron chi connectivity index (χ4n) is 11.9. The van der Waals surface area contributed by atoms with Gasteiger partial charge in [-0.3, -0.25) is 19.0 Å². The van der Waals surface area contributed by atoms with Crippen LogP contribution in [0.4, 0.5) is 5.95 Å². The number of hydrogen-bond donors (Lipinski definition) is 1. The predicted octanol–water partition coefficient (Wildman–Crippen LogP) is 12.3. The molecule has 2 aromatic heterocycles. The Kier molecular flexibility index (Phi) is 19.6. The van der Waals surface area contributed by atoms with Gasteiger partial charge in [0.2, 0.25) is 11.8 Å². The Morgan fingerprint density at radius 3 is 2.03 bits per heavy atom. The van der Waals surface area contributed by atoms with Crippen LogP contribution >= 0.6 is 8.53 Å². The lowest BCUT2D eigenvalue weighted by molar-refractivity contribution is -0.187. The van der Waals surface area contributed by atoms with Crippen LogP contribution in [0.5, 0.6) is 17.4 Å². The molecule has 1 aliphatic carbocycles. The lowest BCUT2D eigenvalue weighted by Gasteiger charge is -2.42. The van der Waals surface area contributed by atoms with E-state index in [-0.39, 0.29) is 67.7 Å². The standard InChI is InChI=1S/C67H72N7O13P/c1-11-35-80-65-60-64(71-66(72-65)70-59-58-53(33-24-46-23-22-45-18-15-16-21-52(45)57(46)58)61(83-42(6)75)63(85-44(8)77)62(59)84-43(7)76)73(39-69-60)56-37-54(87-88(82-36-17-34-68)74(40(2)3)41(4)5)55(86-56)38-81-67(47-19-13-12-14-20-47,48-25-29-50(78-9)30-26-48)49-27-31-51(79-10)32-28-49/h11-16,18-33,39-41,54-56,59,61-63H,1,17,35-38H2,2-10H3,(H,70,71,72)/t54-,55+,56+,59+,61-,62-,63+,88?/m0/s1. The third-order valence-electron chi connectivity index (χ3n) is 15.5. The van der Waals surface area contributed by atoms with Gasteiger partial charge in [0.15, 0.2) is 29.5 Å². The number of nitrogens with one attached hydrogen (secondary N) is 1. The Balaban J connectivity index is 1.12. The topological polar surface area (TPSA) is 226 Å². The molecule has 0 bridgehead atoms. The molecular weight excluding hydrogens is 1140 g/mol. The number of carbonyl (C=O) groups excluding carboxylic acids is 3. The van der Waals surface area contributed by atoms with Crippen molar-refractivity contribution < 1.29 is 61.3 Å². The minimum absolute atomic E-state index is 0.00222. The zero-order valence-electron chi connectivity index (χ0n) is 50.7. The molecule has 0 amide bonds. The predicted molar refractivity (Wildman–Crippen MR) is 331 cm³/mol. The van der Waals surface area contributed by atoms with Crippen molar-refractivity contribution in [2.75, 3.05) is 39.4 Å². The smallest absolute Gasteiger partial charge is 0.303 e. The van der Waals surface area contributed by atoms with Gasteiger partial charge in [-0.15, -0.1) is 0 Å². The normalized spacial score (nSPS) is 19.5. The van der Waals surface area contributed by atoms with Crippen LogP contribution in [0, 0.1) is 11.3 Å². The van der Waals surface area contributed by atoms with Crippen molar-refractivity contribution in [3.63, 3.8) is 0 Å². The number of carbonyl (C=O) groups is 3. The van der Waals surface area contributed by atoms with Crippen LogP contribution in [-0.2, 0) is 52.7 Å². The first-order valence-corrected chi connectivity index (χ1v) is 30.3. The molecular formula is C67H72N7O13P. The molecule has 1 saturated heterocycles. The minimum atomic E-state index is -1.81. The fourth-order valence-corrected chi connectivity index (χ4v) is 13.7. The highest BCUT2D eigenvalue weighted by Crippen LogP contribution is 2.52. The van der Waals surface area contributed by atoms with E-state index in [1.165, 1.54) is 20.8 Å². The third kappa shape index (κ3) is 13.0. The number of nitrogens with zero attached hydrogens (tertiary/aromatic N) is 6. The van der Waals surface area contributed by atoms with Gasteiger partial charge >= 0.3 is 17.9 Å². The second-order valence-corrected chi connectivity index (χ2v) is 23.3. The van der Waals surface area contributed by atoms with Crippen LogP contribution in [0.2, 0.25) is 0 Å². The van der Waals surface area contributed by atoms with Crippen LogP contribution in [0.3, 0.4) is 0 Å². The summed E-state index contributed by atoms with van der Waals surface area (Å²) in [5, 5.41) is 16.6. The van der Waals surface area contributed by atoms with E-state index in [1.807, 2.05) is 127 Å². The van der Waals surface area contributed by atoms with Gasteiger partial charge in [0.1, 0.15) is 36.0 Å². The first kappa shape index (κ1) is 62.5. The van der Waals surface area contributed by atoms with E-state index in [0.29, 0.717) is 22.6 Å². The molecule has 8 atom stereocenters. The minimum Gasteiger partial charge on any atom is -0.497 e. The Morgan fingerprint density at radius 2 is 1.41 bits per heavy atom. The van der Waals surface area contributed by atoms with E-state index >= 15 is 0 Å². The molecule has 3 heterocycles. The first-order valence-electron chi connectivity index (χ1n) is 29.2. The van der Waals surface area contributed by atoms with Crippen LogP contribution in [0.25, 0.3) is 32.7 Å². The highest BCUT2D eigenvalue weighted by atomic mass is 31.2. The van der Waals surface area contributed by atoms with Gasteiger partial charge < -0.3 is 52.3 Å². The molecule has 1 N–H and O–H groups in total. The number of anilines is 1. The molecule has 20 nitrogen and oxygen atoms in total. The summed E-state index contributed by atoms with van der Waals surface area (Å²) in [7, 11) is 1.44. The van der Waals surface area contributed by atoms with Gasteiger partial charge in [-0.2, -0.15) is 15.2 Å². The first-order chi connectivity index (χ1) is 42.6. The lowest BCUT2D eigenvalue weighted by atomic mass is 9.77. The molecule has 1 fully saturated rings. The van der Waals surface area contributed by atoms with Crippen molar-refractivity contribution in [3.05, 3.63) is 174 Å². The third-order valence-corrected chi connectivity index (χ3v) is 17.6. The van der Waals surface area contributed by atoms with Crippen molar-refractivity contribution >= 4 is 65.1 Å². The fraction of sp³-hybridized carbons (Fsp3) is 0.358. The van der Waals surface area contributed by atoms with E-state index < -0.39 is 74.8 Å². The SMILES string of the molecule is C=CCOc1nc(N[C@@H]2c3c(ccc4ccc5ccccc5c34)[C@H](OC(C)=O)[C@@H](OC(C)=O)[C@H]2OC(C)=O)nc2c1ncn2[C@H]1C[C@H](OP(OCCC#N)N(C(C)C)C(C)C)[C@@H](COC(c2ccccc2)(c2ccc(OC)cc2)c2ccc(OC)cc2)O1. The molecule has 88 heavy (non-hydrogen) atoms. The number of methoxy groups -OCH3 is 2. The highest BCUT2D eigenvalue weighted by molar-refractivity contribution is 7.44. The Morgan fingerprint density at radius 1 is 0.795 bits per heavy atom. The molecule has 0 saturated carbocycles. The van der Waals surface area contributed by atoms with Gasteiger partial charge in [0.25, 0.3) is 8.53 Å². The number of hydrogen-bond acceptors (Lipinski definition) is 19. The Labute approximate surface area is 512 Å². The van der Waals surface area contributed by atoms with Crippen molar-refractivity contribution in [1.29, 1.82) is 5.26 Å². The molecule has 1 unspecified atom stereocenters. The van der Waals surface area contributed by atoms with Crippen molar-refractivity contribution in [2.24, 2.45) is 0 Å². The number of benzene rings is 6. The largest absolute Gasteiger partial charge is 0.497 e. The van der Waals surface area contributed by atoms with Gasteiger partial charge in [0, 0.05) is 44.8 Å². The van der Waals surface area contributed by atoms with E-state index in [9.17, 15) is 19.6 Å². The van der Waals surface area contributed by atoms with Gasteiger partial charge in [-0.05, 0) is 95.8 Å². The van der Waals surface area contributed by atoms with Crippen LogP contribution in [-0.4, -0.2) is 113 Å². The van der Waals surface area contributed by atoms with E-state index in [2.05, 4.69) is 50.3 Å². The van der Waals surface area contributed by atoms with Crippen molar-refractivity contribution in [3.8, 4) is 23.4 Å². The summed E-state index contributed by atoms with van der Waals surface area (Å²) in [5.74, 6) is -0.620. The Hall–Kier alpha value is -8.54. The van der Waals surface area contributed by atoms with E-state index in [4.69, 9.17) is 61.9 Å². The molecule has 458 valence electrons. The van der Waals surface area contributed by atoms with Crippen LogP contribution in [0.1, 0.15) is 107 Å². The zero-order chi connectivity index (χ0) is 62.2. The molecule has 0 radical (unpaired) electrons. The highest BCUT2D eigenvalue weighted by Gasteiger charge is 2.51. The maximum atomic E-state index is 13.4. The summed E-state index contributed by atoms with van der Waals surface area (Å²) in [6.07, 6.45) is -2.64. The molecule has 10 rings (SSSR count). The van der Waals surface area contributed by atoms with Gasteiger partial charge in [0.05, 0.1) is 58.4 Å². The summed E-state index contributed by atoms with van der Waals surface area (Å²) in [6, 6.07) is 42.2.